The molecular weight excluding hydrogens is 262 g/mol. The molecule has 0 aliphatic carbocycles. The van der Waals surface area contributed by atoms with E-state index in [9.17, 15) is 4.79 Å². The Bertz CT molecular complexity index is 622. The molecule has 0 spiro atoms. The van der Waals surface area contributed by atoms with Crippen LogP contribution >= 0.6 is 11.3 Å². The third kappa shape index (κ3) is 3.03. The smallest absolute Gasteiger partial charge is 0.337 e. The molecule has 100 valence electrons. The molecule has 0 amide bonds. The summed E-state index contributed by atoms with van der Waals surface area (Å²) in [5.74, 6) is -1.02. The van der Waals surface area contributed by atoms with E-state index < -0.39 is 5.97 Å². The van der Waals surface area contributed by atoms with Crippen molar-refractivity contribution in [1.29, 1.82) is 0 Å². The van der Waals surface area contributed by atoms with Gasteiger partial charge in [-0.3, -0.25) is 0 Å². The van der Waals surface area contributed by atoms with Crippen molar-refractivity contribution in [3.63, 3.8) is 0 Å². The molecule has 4 N–H and O–H groups in total. The summed E-state index contributed by atoms with van der Waals surface area (Å²) in [6.07, 6.45) is 0. The van der Waals surface area contributed by atoms with Gasteiger partial charge in [-0.1, -0.05) is 0 Å². The number of carboxylic acid groups (broad SMARTS) is 1. The molecular formula is C13H15N3O2S. The highest BCUT2D eigenvalue weighted by Crippen LogP contribution is 2.23. The highest BCUT2D eigenvalue weighted by Gasteiger charge is 2.11. The maximum Gasteiger partial charge on any atom is 0.337 e. The summed E-state index contributed by atoms with van der Waals surface area (Å²) >= 11 is 1.57. The van der Waals surface area contributed by atoms with Crippen LogP contribution in [-0.4, -0.2) is 16.1 Å². The van der Waals surface area contributed by atoms with Crippen molar-refractivity contribution in [2.75, 3.05) is 11.1 Å². The van der Waals surface area contributed by atoms with Crippen molar-refractivity contribution in [2.24, 2.45) is 0 Å². The van der Waals surface area contributed by atoms with Crippen LogP contribution in [0.1, 0.15) is 26.6 Å². The number of aromatic carboxylic acids is 1. The van der Waals surface area contributed by atoms with E-state index in [1.165, 1.54) is 0 Å². The Morgan fingerprint density at radius 2 is 2.21 bits per heavy atom. The number of nitrogens with one attached hydrogen (secondary N) is 1. The maximum atomic E-state index is 11.1. The molecule has 5 nitrogen and oxygen atoms in total. The van der Waals surface area contributed by atoms with Gasteiger partial charge in [-0.15, -0.1) is 11.3 Å². The van der Waals surface area contributed by atoms with Crippen molar-refractivity contribution >= 4 is 28.7 Å². The van der Waals surface area contributed by atoms with Crippen LogP contribution in [0.3, 0.4) is 0 Å². The van der Waals surface area contributed by atoms with Gasteiger partial charge in [0, 0.05) is 22.4 Å². The summed E-state index contributed by atoms with van der Waals surface area (Å²) in [5, 5.41) is 15.2. The summed E-state index contributed by atoms with van der Waals surface area (Å²) in [7, 11) is 0. The third-order valence-electron chi connectivity index (χ3n) is 2.73. The zero-order valence-electron chi connectivity index (χ0n) is 10.7. The number of carbonyl (C=O) groups is 1. The molecule has 2 rings (SSSR count). The van der Waals surface area contributed by atoms with Gasteiger partial charge in [0.25, 0.3) is 0 Å². The minimum atomic E-state index is -1.02. The topological polar surface area (TPSA) is 88.2 Å². The molecule has 2 aromatic rings. The molecule has 1 heterocycles. The van der Waals surface area contributed by atoms with Gasteiger partial charge in [-0.05, 0) is 31.5 Å². The predicted molar refractivity (Wildman–Crippen MR) is 76.7 cm³/mol. The number of anilines is 2. The number of aromatic nitrogens is 1. The summed E-state index contributed by atoms with van der Waals surface area (Å²) < 4.78 is 0. The molecule has 0 aliphatic heterocycles. The molecule has 6 heteroatoms. The molecule has 0 saturated heterocycles. The number of thiazole rings is 1. The van der Waals surface area contributed by atoms with Crippen LogP contribution in [0.15, 0.2) is 17.5 Å². The van der Waals surface area contributed by atoms with E-state index >= 15 is 0 Å². The molecule has 19 heavy (non-hydrogen) atoms. The van der Waals surface area contributed by atoms with Crippen LogP contribution < -0.4 is 11.1 Å². The van der Waals surface area contributed by atoms with E-state index in [1.807, 2.05) is 18.4 Å². The first kappa shape index (κ1) is 13.4. The fourth-order valence-corrected chi connectivity index (χ4v) is 2.45. The Morgan fingerprint density at radius 1 is 1.47 bits per heavy atom. The monoisotopic (exact) mass is 277 g/mol. The van der Waals surface area contributed by atoms with Gasteiger partial charge in [0.05, 0.1) is 12.1 Å². The molecule has 0 unspecified atom stereocenters. The average Bonchev–Trinajstić information content (AvgIpc) is 2.76. The summed E-state index contributed by atoms with van der Waals surface area (Å²) in [4.78, 5) is 15.4. The van der Waals surface area contributed by atoms with E-state index in [0.717, 1.165) is 22.0 Å². The first-order valence-corrected chi connectivity index (χ1v) is 6.63. The van der Waals surface area contributed by atoms with Gasteiger partial charge in [0.15, 0.2) is 0 Å². The van der Waals surface area contributed by atoms with Crippen molar-refractivity contribution in [3.8, 4) is 0 Å². The first-order valence-electron chi connectivity index (χ1n) is 5.75. The lowest BCUT2D eigenvalue weighted by molar-refractivity contribution is 0.0698. The fraction of sp³-hybridized carbons (Fsp3) is 0.231. The van der Waals surface area contributed by atoms with Crippen molar-refractivity contribution in [2.45, 2.75) is 20.4 Å². The maximum absolute atomic E-state index is 11.1. The Kier molecular flexibility index (Phi) is 3.71. The average molecular weight is 277 g/mol. The molecule has 0 saturated carbocycles. The van der Waals surface area contributed by atoms with Gasteiger partial charge >= 0.3 is 5.97 Å². The molecule has 1 aromatic carbocycles. The molecule has 0 fully saturated rings. The van der Waals surface area contributed by atoms with Crippen LogP contribution in [0.25, 0.3) is 0 Å². The number of nitrogens with two attached hydrogens (primary N) is 1. The number of aryl methyl sites for hydroxylation is 2. The number of rotatable bonds is 4. The molecule has 0 bridgehead atoms. The SMILES string of the molecule is Cc1csc(CNc2cc(C)c(N)c(C(=O)O)c2)n1. The summed E-state index contributed by atoms with van der Waals surface area (Å²) in [5.41, 5.74) is 8.64. The second-order valence-electron chi connectivity index (χ2n) is 4.30. The van der Waals surface area contributed by atoms with Crippen LogP contribution in [0.2, 0.25) is 0 Å². The van der Waals surface area contributed by atoms with Gasteiger partial charge < -0.3 is 16.2 Å². The number of hydrogen-bond acceptors (Lipinski definition) is 5. The fourth-order valence-electron chi connectivity index (χ4n) is 1.74. The van der Waals surface area contributed by atoms with Gasteiger partial charge in [0.2, 0.25) is 0 Å². The van der Waals surface area contributed by atoms with E-state index in [2.05, 4.69) is 10.3 Å². The van der Waals surface area contributed by atoms with Gasteiger partial charge in [-0.2, -0.15) is 0 Å². The quantitative estimate of drug-likeness (QED) is 0.748. The van der Waals surface area contributed by atoms with E-state index in [0.29, 0.717) is 12.2 Å². The number of nitrogens with zero attached hydrogens (tertiary/aromatic N) is 1. The van der Waals surface area contributed by atoms with Crippen LogP contribution in [0.4, 0.5) is 11.4 Å². The van der Waals surface area contributed by atoms with Crippen LogP contribution in [-0.2, 0) is 6.54 Å². The molecule has 0 radical (unpaired) electrons. The van der Waals surface area contributed by atoms with Crippen LogP contribution in [0, 0.1) is 13.8 Å². The highest BCUT2D eigenvalue weighted by molar-refractivity contribution is 7.09. The predicted octanol–water partition coefficient (Wildman–Crippen LogP) is 2.65. The zero-order valence-corrected chi connectivity index (χ0v) is 11.5. The second kappa shape index (κ2) is 5.27. The molecule has 1 aromatic heterocycles. The van der Waals surface area contributed by atoms with Gasteiger partial charge in [0.1, 0.15) is 5.01 Å². The second-order valence-corrected chi connectivity index (χ2v) is 5.24. The largest absolute Gasteiger partial charge is 0.478 e. The van der Waals surface area contributed by atoms with Crippen LogP contribution in [0.5, 0.6) is 0 Å². The number of benzene rings is 1. The van der Waals surface area contributed by atoms with Crippen molar-refractivity contribution < 1.29 is 9.90 Å². The highest BCUT2D eigenvalue weighted by atomic mass is 32.1. The third-order valence-corrected chi connectivity index (χ3v) is 3.69. The summed E-state index contributed by atoms with van der Waals surface area (Å²) in [6, 6.07) is 3.38. The van der Waals surface area contributed by atoms with Crippen molar-refractivity contribution in [3.05, 3.63) is 39.3 Å². The zero-order chi connectivity index (χ0) is 14.0. The normalized spacial score (nSPS) is 10.4. The Morgan fingerprint density at radius 3 is 2.79 bits per heavy atom. The van der Waals surface area contributed by atoms with E-state index in [1.54, 1.807) is 24.3 Å². The Balaban J connectivity index is 2.19. The first-order chi connectivity index (χ1) is 8.97. The Labute approximate surface area is 115 Å². The molecule has 0 atom stereocenters. The number of nitrogen functional groups attached to an aromatic ring is 1. The van der Waals surface area contributed by atoms with E-state index in [4.69, 9.17) is 10.8 Å². The number of carboxylic acids is 1. The minimum Gasteiger partial charge on any atom is -0.478 e. The standard InChI is InChI=1S/C13H15N3O2S/c1-7-3-9(4-10(12(7)14)13(17)18)15-5-11-16-8(2)6-19-11/h3-4,6,15H,5,14H2,1-2H3,(H,17,18). The lowest BCUT2D eigenvalue weighted by Crippen LogP contribution is -2.07. The lowest BCUT2D eigenvalue weighted by atomic mass is 10.1. The summed E-state index contributed by atoms with van der Waals surface area (Å²) in [6.45, 7) is 4.30. The lowest BCUT2D eigenvalue weighted by Gasteiger charge is -2.10. The molecule has 0 aliphatic rings. The van der Waals surface area contributed by atoms with E-state index in [-0.39, 0.29) is 5.56 Å². The van der Waals surface area contributed by atoms with Crippen molar-refractivity contribution in [1.82, 2.24) is 4.98 Å². The van der Waals surface area contributed by atoms with Gasteiger partial charge in [-0.25, -0.2) is 9.78 Å². The number of hydrogen-bond donors (Lipinski definition) is 3. The minimum absolute atomic E-state index is 0.123. The Hall–Kier alpha value is -2.08.